The summed E-state index contributed by atoms with van der Waals surface area (Å²) in [5.41, 5.74) is 4.54. The van der Waals surface area contributed by atoms with Crippen LogP contribution in [0.1, 0.15) is 29.5 Å². The van der Waals surface area contributed by atoms with Crippen molar-refractivity contribution in [3.63, 3.8) is 0 Å². The molecule has 6 nitrogen and oxygen atoms in total. The molecular weight excluding hydrogens is 460 g/mol. The van der Waals surface area contributed by atoms with Crippen LogP contribution >= 0.6 is 0 Å². The molecule has 2 aromatic carbocycles. The van der Waals surface area contributed by atoms with E-state index in [4.69, 9.17) is 4.74 Å². The number of aryl methyl sites for hydroxylation is 1. The third-order valence-corrected chi connectivity index (χ3v) is 7.18. The number of ether oxygens (including phenoxy) is 1. The molecule has 2 fully saturated rings. The fourth-order valence-corrected chi connectivity index (χ4v) is 4.93. The number of anilines is 1. The van der Waals surface area contributed by atoms with Crippen LogP contribution in [0.4, 0.5) is 5.82 Å². The number of likely N-dealkylation sites (tertiary alicyclic amines) is 1. The fourth-order valence-electron chi connectivity index (χ4n) is 4.93. The summed E-state index contributed by atoms with van der Waals surface area (Å²) in [4.78, 5) is 24.4. The number of benzene rings is 2. The second-order valence-corrected chi connectivity index (χ2v) is 9.96. The zero-order valence-corrected chi connectivity index (χ0v) is 21.7. The number of rotatable bonds is 8. The van der Waals surface area contributed by atoms with E-state index in [0.717, 1.165) is 74.8 Å². The van der Waals surface area contributed by atoms with E-state index < -0.39 is 0 Å². The van der Waals surface area contributed by atoms with Gasteiger partial charge in [-0.25, -0.2) is 4.98 Å². The van der Waals surface area contributed by atoms with E-state index in [1.807, 2.05) is 35.4 Å². The molecule has 0 bridgehead atoms. The lowest BCUT2D eigenvalue weighted by Crippen LogP contribution is -2.31. The number of carbonyl (C=O) groups is 1. The van der Waals surface area contributed by atoms with Gasteiger partial charge in [0, 0.05) is 51.4 Å². The van der Waals surface area contributed by atoms with Gasteiger partial charge in [0.15, 0.2) is 0 Å². The molecule has 2 saturated heterocycles. The second-order valence-electron chi connectivity index (χ2n) is 9.96. The Labute approximate surface area is 220 Å². The number of nitrogens with zero attached hydrogens (tertiary/aromatic N) is 4. The molecule has 0 N–H and O–H groups in total. The molecule has 0 atom stereocenters. The fraction of sp³-hybridized carbons (Fsp3) is 0.355. The summed E-state index contributed by atoms with van der Waals surface area (Å²) in [6.45, 7) is 8.85. The summed E-state index contributed by atoms with van der Waals surface area (Å²) in [6, 6.07) is 22.7. The van der Waals surface area contributed by atoms with Crippen molar-refractivity contribution in [2.75, 3.05) is 44.2 Å². The van der Waals surface area contributed by atoms with E-state index in [2.05, 4.69) is 70.2 Å². The van der Waals surface area contributed by atoms with Gasteiger partial charge in [-0.15, -0.1) is 0 Å². The molecule has 0 saturated carbocycles. The smallest absolute Gasteiger partial charge is 0.249 e. The van der Waals surface area contributed by atoms with E-state index in [1.165, 1.54) is 11.1 Å². The van der Waals surface area contributed by atoms with Crippen LogP contribution in [0.2, 0.25) is 0 Å². The van der Waals surface area contributed by atoms with E-state index in [1.54, 1.807) is 0 Å². The van der Waals surface area contributed by atoms with Gasteiger partial charge in [-0.2, -0.15) is 0 Å². The highest BCUT2D eigenvalue weighted by molar-refractivity contribution is 5.95. The maximum atomic E-state index is 12.9. The molecule has 192 valence electrons. The van der Waals surface area contributed by atoms with Crippen molar-refractivity contribution >= 4 is 11.7 Å². The zero-order valence-electron chi connectivity index (χ0n) is 21.7. The molecule has 3 aromatic rings. The van der Waals surface area contributed by atoms with Crippen LogP contribution in [0, 0.1) is 6.92 Å². The van der Waals surface area contributed by atoms with Crippen LogP contribution in [0.5, 0.6) is 5.75 Å². The molecule has 1 aromatic heterocycles. The minimum Gasteiger partial charge on any atom is -0.487 e. The van der Waals surface area contributed by atoms with Crippen molar-refractivity contribution < 1.29 is 9.53 Å². The number of aromatic nitrogens is 1. The molecule has 3 heterocycles. The highest BCUT2D eigenvalue weighted by Crippen LogP contribution is 2.21. The van der Waals surface area contributed by atoms with Gasteiger partial charge in [0.25, 0.3) is 0 Å². The summed E-state index contributed by atoms with van der Waals surface area (Å²) in [5, 5.41) is 0. The van der Waals surface area contributed by atoms with Gasteiger partial charge in [-0.05, 0) is 43.0 Å². The standard InChI is InChI=1S/C31H36N4O2/c1-25-8-10-26(11-9-25)23-35-19-15-28(31(35)36)14-18-33-16-5-17-34(21-20-33)30-13-12-29(22-32-30)37-24-27-6-3-2-4-7-27/h2-4,6-14,22H,5,15-21,23-24H2,1H3. The maximum Gasteiger partial charge on any atom is 0.249 e. The third-order valence-electron chi connectivity index (χ3n) is 7.18. The van der Waals surface area contributed by atoms with Crippen LogP contribution in [-0.2, 0) is 17.9 Å². The van der Waals surface area contributed by atoms with Crippen molar-refractivity contribution in [2.45, 2.75) is 32.9 Å². The Bertz CT molecular complexity index is 1190. The first kappa shape index (κ1) is 25.0. The Morgan fingerprint density at radius 2 is 1.73 bits per heavy atom. The lowest BCUT2D eigenvalue weighted by molar-refractivity contribution is -0.125. The van der Waals surface area contributed by atoms with Crippen molar-refractivity contribution in [3.05, 3.63) is 101 Å². The second kappa shape index (κ2) is 12.1. The maximum absolute atomic E-state index is 12.9. The Morgan fingerprint density at radius 1 is 0.892 bits per heavy atom. The minimum absolute atomic E-state index is 0.191. The Morgan fingerprint density at radius 3 is 2.51 bits per heavy atom. The van der Waals surface area contributed by atoms with Crippen molar-refractivity contribution in [3.8, 4) is 5.75 Å². The molecule has 6 heteroatoms. The summed E-state index contributed by atoms with van der Waals surface area (Å²) in [6.07, 6.45) is 5.89. The molecular formula is C31H36N4O2. The molecule has 0 spiro atoms. The van der Waals surface area contributed by atoms with Gasteiger partial charge in [0.1, 0.15) is 18.2 Å². The molecule has 2 aliphatic heterocycles. The predicted molar refractivity (Wildman–Crippen MR) is 148 cm³/mol. The van der Waals surface area contributed by atoms with E-state index in [-0.39, 0.29) is 5.91 Å². The first-order chi connectivity index (χ1) is 18.1. The Kier molecular flexibility index (Phi) is 8.16. The molecule has 0 unspecified atom stereocenters. The average molecular weight is 497 g/mol. The number of hydrogen-bond donors (Lipinski definition) is 0. The van der Waals surface area contributed by atoms with Gasteiger partial charge < -0.3 is 14.5 Å². The van der Waals surface area contributed by atoms with Crippen LogP contribution < -0.4 is 9.64 Å². The first-order valence-corrected chi connectivity index (χ1v) is 13.3. The lowest BCUT2D eigenvalue weighted by atomic mass is 10.1. The van der Waals surface area contributed by atoms with Gasteiger partial charge in [0.05, 0.1) is 6.20 Å². The first-order valence-electron chi connectivity index (χ1n) is 13.3. The monoisotopic (exact) mass is 496 g/mol. The van der Waals surface area contributed by atoms with Gasteiger partial charge >= 0.3 is 0 Å². The van der Waals surface area contributed by atoms with Crippen molar-refractivity contribution in [1.29, 1.82) is 0 Å². The number of hydrogen-bond acceptors (Lipinski definition) is 5. The SMILES string of the molecule is Cc1ccc(CN2CCC(=CCN3CCCN(c4ccc(OCc5ccccc5)cn4)CC3)C2=O)cc1. The Balaban J connectivity index is 1.09. The molecule has 1 amide bonds. The minimum atomic E-state index is 0.191. The van der Waals surface area contributed by atoms with Crippen molar-refractivity contribution in [2.24, 2.45) is 0 Å². The van der Waals surface area contributed by atoms with E-state index in [9.17, 15) is 4.79 Å². The lowest BCUT2D eigenvalue weighted by Gasteiger charge is -2.22. The van der Waals surface area contributed by atoms with E-state index in [0.29, 0.717) is 13.2 Å². The number of amides is 1. The highest BCUT2D eigenvalue weighted by Gasteiger charge is 2.26. The third kappa shape index (κ3) is 6.77. The average Bonchev–Trinajstić information content (AvgIpc) is 3.12. The predicted octanol–water partition coefficient (Wildman–Crippen LogP) is 4.84. The zero-order chi connectivity index (χ0) is 25.5. The quantitative estimate of drug-likeness (QED) is 0.418. The van der Waals surface area contributed by atoms with Crippen LogP contribution in [0.25, 0.3) is 0 Å². The number of pyridine rings is 1. The van der Waals surface area contributed by atoms with Crippen LogP contribution in [-0.4, -0.2) is 60.0 Å². The normalized spacial score (nSPS) is 17.9. The molecule has 0 aliphatic carbocycles. The van der Waals surface area contributed by atoms with Crippen LogP contribution in [0.3, 0.4) is 0 Å². The van der Waals surface area contributed by atoms with Gasteiger partial charge in [0.2, 0.25) is 5.91 Å². The number of carbonyl (C=O) groups excluding carboxylic acids is 1. The summed E-state index contributed by atoms with van der Waals surface area (Å²) < 4.78 is 5.88. The molecule has 2 aliphatic rings. The molecule has 5 rings (SSSR count). The topological polar surface area (TPSA) is 48.9 Å². The molecule has 37 heavy (non-hydrogen) atoms. The van der Waals surface area contributed by atoms with Gasteiger partial charge in [-0.3, -0.25) is 9.69 Å². The van der Waals surface area contributed by atoms with E-state index >= 15 is 0 Å². The van der Waals surface area contributed by atoms with Crippen molar-refractivity contribution in [1.82, 2.24) is 14.8 Å². The largest absolute Gasteiger partial charge is 0.487 e. The highest BCUT2D eigenvalue weighted by atomic mass is 16.5. The van der Waals surface area contributed by atoms with Crippen LogP contribution in [0.15, 0.2) is 84.6 Å². The summed E-state index contributed by atoms with van der Waals surface area (Å²) in [7, 11) is 0. The Hall–Kier alpha value is -3.64. The summed E-state index contributed by atoms with van der Waals surface area (Å²) in [5.74, 6) is 1.97. The van der Waals surface area contributed by atoms with Gasteiger partial charge in [-0.1, -0.05) is 66.2 Å². The molecule has 0 radical (unpaired) electrons. The summed E-state index contributed by atoms with van der Waals surface area (Å²) >= 11 is 0.